The summed E-state index contributed by atoms with van der Waals surface area (Å²) in [5, 5.41) is 10.0. The van der Waals surface area contributed by atoms with Crippen molar-refractivity contribution in [1.82, 2.24) is 4.90 Å². The van der Waals surface area contributed by atoms with Gasteiger partial charge in [-0.1, -0.05) is 0 Å². The number of carbonyl (C=O) groups is 2. The highest BCUT2D eigenvalue weighted by atomic mass is 16.5. The third-order valence-corrected chi connectivity index (χ3v) is 5.13. The van der Waals surface area contributed by atoms with Crippen LogP contribution in [0.4, 0.5) is 0 Å². The molecule has 3 atom stereocenters. The van der Waals surface area contributed by atoms with E-state index >= 15 is 0 Å². The number of nitrogens with one attached hydrogen (secondary N) is 1. The van der Waals surface area contributed by atoms with Crippen LogP contribution in [0.1, 0.15) is 35.2 Å². The van der Waals surface area contributed by atoms with Crippen molar-refractivity contribution in [3.8, 4) is 5.75 Å². The van der Waals surface area contributed by atoms with Crippen molar-refractivity contribution in [2.24, 2.45) is 5.73 Å². The minimum absolute atomic E-state index is 0.110. The summed E-state index contributed by atoms with van der Waals surface area (Å²) in [7, 11) is 0. The van der Waals surface area contributed by atoms with Crippen LogP contribution < -0.4 is 15.5 Å². The number of amides is 2. The predicted octanol–water partition coefficient (Wildman–Crippen LogP) is -1.14. The molecule has 0 aromatic heterocycles. The van der Waals surface area contributed by atoms with E-state index in [0.29, 0.717) is 37.5 Å². The fourth-order valence-electron chi connectivity index (χ4n) is 3.70. The fraction of sp³-hybridized carbons (Fsp3) is 0.500. The molecule has 2 amide bonds. The largest absolute Gasteiger partial charge is 0.489 e. The second-order valence-corrected chi connectivity index (χ2v) is 6.92. The van der Waals surface area contributed by atoms with E-state index in [4.69, 9.17) is 15.2 Å². The number of aliphatic hydroxyl groups excluding tert-OH is 1. The Morgan fingerprint density at radius 3 is 2.92 bits per heavy atom. The van der Waals surface area contributed by atoms with E-state index in [0.717, 1.165) is 12.0 Å². The van der Waals surface area contributed by atoms with Gasteiger partial charge in [0.25, 0.3) is 5.91 Å². The summed E-state index contributed by atoms with van der Waals surface area (Å²) in [6, 6.07) is 4.70. The summed E-state index contributed by atoms with van der Waals surface area (Å²) in [5.41, 5.74) is 7.47. The van der Waals surface area contributed by atoms with E-state index in [-0.39, 0.29) is 36.3 Å². The maximum Gasteiger partial charge on any atom is 0.388 e. The molecule has 1 saturated heterocycles. The topological polar surface area (TPSA) is 116 Å². The molecule has 3 heterocycles. The lowest BCUT2D eigenvalue weighted by Crippen LogP contribution is -2.82. The molecule has 138 valence electrons. The first kappa shape index (κ1) is 17.0. The highest BCUT2D eigenvalue weighted by Crippen LogP contribution is 2.30. The number of rotatable bonds is 3. The van der Waals surface area contributed by atoms with Crippen LogP contribution >= 0.6 is 0 Å². The molecule has 0 radical (unpaired) electrons. The summed E-state index contributed by atoms with van der Waals surface area (Å²) in [6.45, 7) is 1.47. The third kappa shape index (κ3) is 3.06. The van der Waals surface area contributed by atoms with Crippen LogP contribution in [0.3, 0.4) is 0 Å². The summed E-state index contributed by atoms with van der Waals surface area (Å²) < 4.78 is 11.3. The van der Waals surface area contributed by atoms with E-state index in [1.165, 1.54) is 0 Å². The Balaban J connectivity index is 1.51. The minimum Gasteiger partial charge on any atom is -0.489 e. The molecule has 1 fully saturated rings. The number of hydrogen-bond acceptors (Lipinski definition) is 5. The van der Waals surface area contributed by atoms with Crippen LogP contribution in [0.5, 0.6) is 5.75 Å². The molecular weight excluding hydrogens is 338 g/mol. The summed E-state index contributed by atoms with van der Waals surface area (Å²) in [6.07, 6.45) is 1.32. The van der Waals surface area contributed by atoms with Gasteiger partial charge in [0, 0.05) is 18.5 Å². The molecule has 0 aliphatic carbocycles. The van der Waals surface area contributed by atoms with E-state index in [9.17, 15) is 14.7 Å². The molecule has 8 nitrogen and oxygen atoms in total. The summed E-state index contributed by atoms with van der Waals surface area (Å²) >= 11 is 0. The molecule has 3 aliphatic rings. The van der Waals surface area contributed by atoms with Crippen molar-refractivity contribution in [3.05, 3.63) is 29.3 Å². The van der Waals surface area contributed by atoms with Gasteiger partial charge in [-0.25, -0.2) is 4.79 Å². The molecule has 3 aliphatic heterocycles. The molecule has 8 heteroatoms. The minimum atomic E-state index is -0.499. The average Bonchev–Trinajstić information content (AvgIpc) is 2.93. The standard InChI is InChI=1S/C18H21N3O5/c19-13-9-25-6-5-15(13)26-11-1-2-12-10(7-11)8-21(18(12)24)14-3-4-16(22)20-17(14)23/h1-2,7,13-15H,3-6,8-9,19H2,(H,20,22,23)/p+1/t13-,14?,15+/m1/s1. The van der Waals surface area contributed by atoms with Crippen molar-refractivity contribution in [1.29, 1.82) is 0 Å². The maximum absolute atomic E-state index is 12.7. The van der Waals surface area contributed by atoms with E-state index < -0.39 is 6.04 Å². The van der Waals surface area contributed by atoms with Gasteiger partial charge in [0.05, 0.1) is 25.7 Å². The zero-order valence-corrected chi connectivity index (χ0v) is 14.3. The monoisotopic (exact) mass is 360 g/mol. The lowest BCUT2D eigenvalue weighted by molar-refractivity contribution is -0.394. The van der Waals surface area contributed by atoms with Gasteiger partial charge in [0.2, 0.25) is 0 Å². The first-order valence-corrected chi connectivity index (χ1v) is 8.82. The zero-order valence-electron chi connectivity index (χ0n) is 14.3. The van der Waals surface area contributed by atoms with Crippen molar-refractivity contribution in [2.75, 3.05) is 13.2 Å². The van der Waals surface area contributed by atoms with Gasteiger partial charge in [-0.05, 0) is 30.2 Å². The fourth-order valence-corrected chi connectivity index (χ4v) is 3.70. The Morgan fingerprint density at radius 1 is 1.31 bits per heavy atom. The molecule has 0 saturated carbocycles. The number of aliphatic hydroxyl groups is 1. The highest BCUT2D eigenvalue weighted by Gasteiger charge is 2.41. The number of nitrogens with two attached hydrogens (primary N) is 1. The number of fused-ring (bicyclic) bond motifs is 1. The molecule has 1 aromatic carbocycles. The van der Waals surface area contributed by atoms with Crippen molar-refractivity contribution in [3.63, 3.8) is 0 Å². The number of hydrogen-bond donors (Lipinski definition) is 3. The second kappa shape index (κ2) is 6.69. The average molecular weight is 360 g/mol. The van der Waals surface area contributed by atoms with E-state index in [1.54, 1.807) is 17.0 Å². The van der Waals surface area contributed by atoms with Crippen molar-refractivity contribution < 1.29 is 29.2 Å². The number of nitrogens with zero attached hydrogens (tertiary/aromatic N) is 1. The molecule has 1 aromatic rings. The van der Waals surface area contributed by atoms with Crippen LogP contribution in [-0.2, 0) is 16.1 Å². The Kier molecular flexibility index (Phi) is 4.37. The third-order valence-electron chi connectivity index (χ3n) is 5.13. The van der Waals surface area contributed by atoms with Crippen molar-refractivity contribution in [2.45, 2.75) is 44.0 Å². The second-order valence-electron chi connectivity index (χ2n) is 6.92. The summed E-state index contributed by atoms with van der Waals surface area (Å²) in [5.74, 6) is 0.131. The van der Waals surface area contributed by atoms with Crippen LogP contribution in [-0.4, -0.2) is 59.1 Å². The van der Waals surface area contributed by atoms with Gasteiger partial charge in [-0.2, -0.15) is 0 Å². The van der Waals surface area contributed by atoms with Crippen LogP contribution in [0.15, 0.2) is 18.2 Å². The van der Waals surface area contributed by atoms with Gasteiger partial charge >= 0.3 is 11.8 Å². The number of benzene rings is 1. The number of carbonyl (C=O) groups excluding carboxylic acids is 2. The Bertz CT molecular complexity index is 778. The smallest absolute Gasteiger partial charge is 0.388 e. The molecule has 26 heavy (non-hydrogen) atoms. The Hall–Kier alpha value is -2.45. The first-order valence-electron chi connectivity index (χ1n) is 8.82. The van der Waals surface area contributed by atoms with Gasteiger partial charge in [0.15, 0.2) is 6.04 Å². The SMILES string of the molecule is N[C@@H]1COCC[C@@H]1Oc1ccc2c(c1)CN(C1CCC(=O)[NH+]=C1O)C2=O. The predicted molar refractivity (Wildman–Crippen MR) is 90.8 cm³/mol. The van der Waals surface area contributed by atoms with Gasteiger partial charge in [-0.15, -0.1) is 4.99 Å². The first-order chi connectivity index (χ1) is 12.5. The molecule has 0 bridgehead atoms. The van der Waals surface area contributed by atoms with Crippen molar-refractivity contribution >= 4 is 17.7 Å². The lowest BCUT2D eigenvalue weighted by Gasteiger charge is -2.29. The maximum atomic E-state index is 12.7. The molecule has 0 spiro atoms. The van der Waals surface area contributed by atoms with Gasteiger partial charge < -0.3 is 25.2 Å². The Labute approximate surface area is 150 Å². The summed E-state index contributed by atoms with van der Waals surface area (Å²) in [4.78, 5) is 28.1. The molecule has 4 N–H and O–H groups in total. The lowest BCUT2D eigenvalue weighted by atomic mass is 10.1. The Morgan fingerprint density at radius 2 is 2.15 bits per heavy atom. The van der Waals surface area contributed by atoms with Crippen LogP contribution in [0.2, 0.25) is 0 Å². The normalized spacial score (nSPS) is 28.7. The van der Waals surface area contributed by atoms with Gasteiger partial charge in [-0.3, -0.25) is 4.79 Å². The van der Waals surface area contributed by atoms with E-state index in [1.807, 2.05) is 6.07 Å². The van der Waals surface area contributed by atoms with E-state index in [2.05, 4.69) is 4.99 Å². The highest BCUT2D eigenvalue weighted by molar-refractivity contribution is 6.01. The number of ether oxygens (including phenoxy) is 2. The van der Waals surface area contributed by atoms with Crippen LogP contribution in [0, 0.1) is 0 Å². The molecule has 1 unspecified atom stereocenters. The quantitative estimate of drug-likeness (QED) is 0.628. The van der Waals surface area contributed by atoms with Gasteiger partial charge in [0.1, 0.15) is 11.9 Å². The molecule has 4 rings (SSSR count). The zero-order chi connectivity index (χ0) is 18.3. The van der Waals surface area contributed by atoms with Crippen LogP contribution in [0.25, 0.3) is 0 Å². The molecular formula is C18H22N3O5+.